The Bertz CT molecular complexity index is 1260. The molecule has 9 heteroatoms. The number of carbonyl (C=O) groups excluding carboxylic acids is 2. The van der Waals surface area contributed by atoms with Crippen molar-refractivity contribution in [2.45, 2.75) is 19.8 Å². The Morgan fingerprint density at radius 3 is 2.29 bits per heavy atom. The molecule has 1 heterocycles. The highest BCUT2D eigenvalue weighted by Gasteiger charge is 2.24. The van der Waals surface area contributed by atoms with Crippen LogP contribution in [0.4, 0.5) is 15.8 Å². The maximum atomic E-state index is 14.0. The molecule has 2 amide bonds. The molecule has 4 rings (SSSR count). The molecule has 0 bridgehead atoms. The number of unbranched alkanes of at least 4 members (excludes halogenated alkanes) is 1. The van der Waals surface area contributed by atoms with Gasteiger partial charge >= 0.3 is 0 Å². The van der Waals surface area contributed by atoms with Crippen molar-refractivity contribution in [3.8, 4) is 5.75 Å². The number of ether oxygens (including phenoxy) is 1. The van der Waals surface area contributed by atoms with E-state index in [2.05, 4.69) is 22.5 Å². The van der Waals surface area contributed by atoms with Gasteiger partial charge in [0.2, 0.25) is 0 Å². The molecule has 3 aromatic carbocycles. The minimum Gasteiger partial charge on any atom is -0.494 e. The van der Waals surface area contributed by atoms with Gasteiger partial charge < -0.3 is 19.9 Å². The van der Waals surface area contributed by atoms with Crippen LogP contribution < -0.4 is 20.3 Å². The quantitative estimate of drug-likeness (QED) is 0.310. The van der Waals surface area contributed by atoms with E-state index >= 15 is 0 Å². The zero-order chi connectivity index (χ0) is 26.9. The van der Waals surface area contributed by atoms with E-state index in [1.807, 2.05) is 24.3 Å². The summed E-state index contributed by atoms with van der Waals surface area (Å²) in [6.07, 6.45) is 2.04. The van der Waals surface area contributed by atoms with Crippen molar-refractivity contribution >= 4 is 40.5 Å². The highest BCUT2D eigenvalue weighted by atomic mass is 32.1. The molecule has 0 aliphatic carbocycles. The van der Waals surface area contributed by atoms with Crippen molar-refractivity contribution in [2.75, 3.05) is 43.0 Å². The minimum absolute atomic E-state index is 0.105. The number of rotatable bonds is 8. The molecule has 0 aromatic heterocycles. The Balaban J connectivity index is 1.24. The second kappa shape index (κ2) is 13.0. The van der Waals surface area contributed by atoms with E-state index in [-0.39, 0.29) is 22.5 Å². The summed E-state index contributed by atoms with van der Waals surface area (Å²) < 4.78 is 19.6. The monoisotopic (exact) mass is 534 g/mol. The zero-order valence-corrected chi connectivity index (χ0v) is 22.1. The summed E-state index contributed by atoms with van der Waals surface area (Å²) in [7, 11) is 0. The molecule has 2 N–H and O–H groups in total. The van der Waals surface area contributed by atoms with Crippen molar-refractivity contribution in [3.63, 3.8) is 0 Å². The summed E-state index contributed by atoms with van der Waals surface area (Å²) in [4.78, 5) is 29.0. The Labute approximate surface area is 227 Å². The number of benzene rings is 3. The van der Waals surface area contributed by atoms with E-state index in [9.17, 15) is 14.0 Å². The number of anilines is 2. The number of hydrogen-bond acceptors (Lipinski definition) is 5. The molecule has 1 aliphatic heterocycles. The largest absolute Gasteiger partial charge is 0.494 e. The fourth-order valence-corrected chi connectivity index (χ4v) is 4.31. The van der Waals surface area contributed by atoms with Crippen LogP contribution in [0.2, 0.25) is 0 Å². The van der Waals surface area contributed by atoms with Crippen molar-refractivity contribution in [2.24, 2.45) is 0 Å². The number of nitrogens with zero attached hydrogens (tertiary/aromatic N) is 2. The topological polar surface area (TPSA) is 73.9 Å². The molecule has 0 unspecified atom stereocenters. The number of piperazine rings is 1. The molecule has 3 aromatic rings. The smallest absolute Gasteiger partial charge is 0.257 e. The third kappa shape index (κ3) is 7.07. The van der Waals surface area contributed by atoms with Gasteiger partial charge in [-0.3, -0.25) is 14.9 Å². The number of thiocarbonyl (C=S) groups is 1. The van der Waals surface area contributed by atoms with Crippen LogP contribution >= 0.6 is 12.2 Å². The molecule has 1 aliphatic rings. The zero-order valence-electron chi connectivity index (χ0n) is 21.3. The van der Waals surface area contributed by atoms with Crippen LogP contribution in [-0.2, 0) is 0 Å². The maximum absolute atomic E-state index is 14.0. The van der Waals surface area contributed by atoms with Gasteiger partial charge in [0, 0.05) is 43.1 Å². The fourth-order valence-electron chi connectivity index (χ4n) is 4.10. The Hall–Kier alpha value is -3.98. The summed E-state index contributed by atoms with van der Waals surface area (Å²) in [5.74, 6) is -0.354. The van der Waals surface area contributed by atoms with E-state index < -0.39 is 5.82 Å². The summed E-state index contributed by atoms with van der Waals surface area (Å²) in [5, 5.41) is 5.93. The molecule has 0 saturated carbocycles. The van der Waals surface area contributed by atoms with Gasteiger partial charge in [0.15, 0.2) is 5.11 Å². The van der Waals surface area contributed by atoms with Gasteiger partial charge in [-0.2, -0.15) is 0 Å². The van der Waals surface area contributed by atoms with E-state index in [0.29, 0.717) is 38.3 Å². The Morgan fingerprint density at radius 1 is 0.947 bits per heavy atom. The van der Waals surface area contributed by atoms with E-state index in [4.69, 9.17) is 17.0 Å². The van der Waals surface area contributed by atoms with Gasteiger partial charge in [0.25, 0.3) is 11.8 Å². The Kier molecular flexibility index (Phi) is 9.26. The van der Waals surface area contributed by atoms with E-state index in [0.717, 1.165) is 30.0 Å². The van der Waals surface area contributed by atoms with Crippen LogP contribution in [0.15, 0.2) is 72.8 Å². The summed E-state index contributed by atoms with van der Waals surface area (Å²) in [6.45, 7) is 5.06. The highest BCUT2D eigenvalue weighted by Crippen LogP contribution is 2.21. The molecule has 1 fully saturated rings. The molecular formula is C29H31FN4O3S. The first kappa shape index (κ1) is 27.1. The van der Waals surface area contributed by atoms with E-state index in [1.54, 1.807) is 41.3 Å². The molecular weight excluding hydrogens is 503 g/mol. The second-order valence-corrected chi connectivity index (χ2v) is 9.35. The van der Waals surface area contributed by atoms with Gasteiger partial charge in [0.1, 0.15) is 11.6 Å². The van der Waals surface area contributed by atoms with Gasteiger partial charge in [0.05, 0.1) is 12.2 Å². The SMILES string of the molecule is CCCCOc1ccc(C(=O)NC(=S)Nc2ccc(N3CCN(C(=O)c4ccccc4F)CC3)cc2)cc1. The highest BCUT2D eigenvalue weighted by molar-refractivity contribution is 7.80. The van der Waals surface area contributed by atoms with Gasteiger partial charge in [-0.1, -0.05) is 25.5 Å². The summed E-state index contributed by atoms with van der Waals surface area (Å²) >= 11 is 5.31. The summed E-state index contributed by atoms with van der Waals surface area (Å²) in [6, 6.07) is 20.7. The average Bonchev–Trinajstić information content (AvgIpc) is 2.94. The van der Waals surface area contributed by atoms with Gasteiger partial charge in [-0.05, 0) is 79.3 Å². The number of nitrogens with one attached hydrogen (secondary N) is 2. The molecule has 0 radical (unpaired) electrons. The second-order valence-electron chi connectivity index (χ2n) is 8.94. The van der Waals surface area contributed by atoms with Crippen LogP contribution in [0.3, 0.4) is 0 Å². The van der Waals surface area contributed by atoms with Crippen LogP contribution in [0.5, 0.6) is 5.75 Å². The number of hydrogen-bond donors (Lipinski definition) is 2. The lowest BCUT2D eigenvalue weighted by molar-refractivity contribution is 0.0742. The number of amides is 2. The van der Waals surface area contributed by atoms with Crippen molar-refractivity contribution in [1.82, 2.24) is 10.2 Å². The molecule has 0 atom stereocenters. The third-order valence-corrected chi connectivity index (χ3v) is 6.48. The van der Waals surface area contributed by atoms with Crippen LogP contribution in [0.1, 0.15) is 40.5 Å². The van der Waals surface area contributed by atoms with Crippen molar-refractivity contribution in [3.05, 3.63) is 89.7 Å². The van der Waals surface area contributed by atoms with E-state index in [1.165, 1.54) is 12.1 Å². The van der Waals surface area contributed by atoms with Crippen molar-refractivity contribution in [1.29, 1.82) is 0 Å². The molecule has 38 heavy (non-hydrogen) atoms. The number of halogens is 1. The molecule has 7 nitrogen and oxygen atoms in total. The first-order chi connectivity index (χ1) is 18.4. The third-order valence-electron chi connectivity index (χ3n) is 6.27. The lowest BCUT2D eigenvalue weighted by atomic mass is 10.1. The van der Waals surface area contributed by atoms with Gasteiger partial charge in [-0.25, -0.2) is 4.39 Å². The lowest BCUT2D eigenvalue weighted by Crippen LogP contribution is -2.49. The van der Waals surface area contributed by atoms with Crippen LogP contribution in [-0.4, -0.2) is 54.6 Å². The molecule has 198 valence electrons. The number of carbonyl (C=O) groups is 2. The first-order valence-electron chi connectivity index (χ1n) is 12.7. The summed E-state index contributed by atoms with van der Waals surface area (Å²) in [5.41, 5.74) is 2.34. The Morgan fingerprint density at radius 2 is 1.63 bits per heavy atom. The predicted octanol–water partition coefficient (Wildman–Crippen LogP) is 5.09. The fraction of sp³-hybridized carbons (Fsp3) is 0.276. The maximum Gasteiger partial charge on any atom is 0.257 e. The normalized spacial score (nSPS) is 13.1. The van der Waals surface area contributed by atoms with Crippen LogP contribution in [0.25, 0.3) is 0 Å². The van der Waals surface area contributed by atoms with Crippen molar-refractivity contribution < 1.29 is 18.7 Å². The predicted molar refractivity (Wildman–Crippen MR) is 151 cm³/mol. The first-order valence-corrected chi connectivity index (χ1v) is 13.1. The lowest BCUT2D eigenvalue weighted by Gasteiger charge is -2.36. The average molecular weight is 535 g/mol. The molecule has 1 saturated heterocycles. The van der Waals surface area contributed by atoms with Crippen LogP contribution in [0, 0.1) is 5.82 Å². The minimum atomic E-state index is -0.498. The molecule has 0 spiro atoms. The standard InChI is InChI=1S/C29H31FN4O3S/c1-2-3-20-37-24-14-8-21(9-15-24)27(35)32-29(38)31-22-10-12-23(13-11-22)33-16-18-34(19-17-33)28(36)25-6-4-5-7-26(25)30/h4-15H,2-3,16-20H2,1H3,(H2,31,32,35,38). The van der Waals surface area contributed by atoms with Gasteiger partial charge in [-0.15, -0.1) is 0 Å².